The van der Waals surface area contributed by atoms with Gasteiger partial charge in [0.05, 0.1) is 6.54 Å². The molecule has 2 saturated carbocycles. The highest BCUT2D eigenvalue weighted by Gasteiger charge is 2.47. The van der Waals surface area contributed by atoms with E-state index in [9.17, 15) is 0 Å². The summed E-state index contributed by atoms with van der Waals surface area (Å²) in [6.07, 6.45) is 8.16. The average molecular weight is 191 g/mol. The molecule has 0 amide bonds. The Morgan fingerprint density at radius 1 is 1.57 bits per heavy atom. The average Bonchev–Trinajstić information content (AvgIpc) is 2.68. The van der Waals surface area contributed by atoms with Crippen LogP contribution in [-0.4, -0.2) is 15.6 Å². The van der Waals surface area contributed by atoms with Crippen molar-refractivity contribution in [1.82, 2.24) is 14.9 Å². The summed E-state index contributed by atoms with van der Waals surface area (Å²) in [6.45, 7) is 0.928. The summed E-state index contributed by atoms with van der Waals surface area (Å²) in [4.78, 5) is 4.32. The highest BCUT2D eigenvalue weighted by molar-refractivity contribution is 5.02. The van der Waals surface area contributed by atoms with Crippen molar-refractivity contribution < 1.29 is 0 Å². The zero-order valence-corrected chi connectivity index (χ0v) is 8.61. The summed E-state index contributed by atoms with van der Waals surface area (Å²) >= 11 is 0. The Morgan fingerprint density at radius 3 is 3.07 bits per heavy atom. The maximum atomic E-state index is 4.32. The minimum atomic E-state index is 0.775. The van der Waals surface area contributed by atoms with Crippen molar-refractivity contribution in [2.75, 3.05) is 0 Å². The molecule has 14 heavy (non-hydrogen) atoms. The predicted octanol–water partition coefficient (Wildman–Crippen LogP) is 1.31. The van der Waals surface area contributed by atoms with Crippen LogP contribution in [0.5, 0.6) is 0 Å². The summed E-state index contributed by atoms with van der Waals surface area (Å²) in [6, 6.07) is 0.775. The Labute approximate surface area is 84.5 Å². The quantitative estimate of drug-likeness (QED) is 0.780. The van der Waals surface area contributed by atoms with Gasteiger partial charge >= 0.3 is 0 Å². The summed E-state index contributed by atoms with van der Waals surface area (Å²) in [5.41, 5.74) is 0. The molecule has 0 radical (unpaired) electrons. The van der Waals surface area contributed by atoms with Crippen LogP contribution in [-0.2, 0) is 13.6 Å². The second-order valence-corrected chi connectivity index (χ2v) is 4.68. The van der Waals surface area contributed by atoms with Crippen molar-refractivity contribution in [2.45, 2.75) is 31.8 Å². The van der Waals surface area contributed by atoms with Gasteiger partial charge in [0.1, 0.15) is 5.82 Å². The summed E-state index contributed by atoms with van der Waals surface area (Å²) in [5.74, 6) is 3.21. The van der Waals surface area contributed by atoms with E-state index in [0.29, 0.717) is 0 Å². The molecule has 3 atom stereocenters. The minimum Gasteiger partial charge on any atom is -0.337 e. The zero-order chi connectivity index (χ0) is 9.54. The van der Waals surface area contributed by atoms with Crippen molar-refractivity contribution in [2.24, 2.45) is 18.9 Å². The molecule has 0 aromatic carbocycles. The molecule has 1 aromatic rings. The number of fused-ring (bicyclic) bond motifs is 1. The normalized spacial score (nSPS) is 34.5. The third kappa shape index (κ3) is 1.36. The molecule has 1 N–H and O–H groups in total. The summed E-state index contributed by atoms with van der Waals surface area (Å²) in [5, 5.41) is 3.63. The standard InChI is InChI=1S/C11H17N3/c1-14-5-4-12-11(14)7-13-10-3-2-8-6-9(8)10/h4-5,8-10,13H,2-3,6-7H2,1H3/t8-,9+,10?/m1/s1. The lowest BCUT2D eigenvalue weighted by molar-refractivity contribution is 0.463. The molecule has 1 heterocycles. The van der Waals surface area contributed by atoms with Crippen molar-refractivity contribution >= 4 is 0 Å². The molecular weight excluding hydrogens is 174 g/mol. The van der Waals surface area contributed by atoms with E-state index in [4.69, 9.17) is 0 Å². The van der Waals surface area contributed by atoms with E-state index in [2.05, 4.69) is 21.9 Å². The molecule has 0 aliphatic heterocycles. The van der Waals surface area contributed by atoms with Crippen molar-refractivity contribution in [3.8, 4) is 0 Å². The zero-order valence-electron chi connectivity index (χ0n) is 8.61. The van der Waals surface area contributed by atoms with Crippen LogP contribution in [0.3, 0.4) is 0 Å². The number of rotatable bonds is 3. The maximum Gasteiger partial charge on any atom is 0.122 e. The van der Waals surface area contributed by atoms with Crippen LogP contribution in [0.15, 0.2) is 12.4 Å². The number of hydrogen-bond acceptors (Lipinski definition) is 2. The van der Waals surface area contributed by atoms with Gasteiger partial charge in [0.15, 0.2) is 0 Å². The third-order valence-electron chi connectivity index (χ3n) is 3.79. The maximum absolute atomic E-state index is 4.32. The molecule has 2 aliphatic carbocycles. The molecule has 3 heteroatoms. The molecule has 3 rings (SSSR count). The van der Waals surface area contributed by atoms with Gasteiger partial charge in [-0.1, -0.05) is 0 Å². The molecule has 0 spiro atoms. The first-order valence-electron chi connectivity index (χ1n) is 5.54. The fourth-order valence-corrected chi connectivity index (χ4v) is 2.75. The van der Waals surface area contributed by atoms with Crippen LogP contribution in [0, 0.1) is 11.8 Å². The molecule has 3 nitrogen and oxygen atoms in total. The molecule has 1 unspecified atom stereocenters. The monoisotopic (exact) mass is 191 g/mol. The number of aryl methyl sites for hydroxylation is 1. The number of nitrogens with one attached hydrogen (secondary N) is 1. The number of aromatic nitrogens is 2. The van der Waals surface area contributed by atoms with Gasteiger partial charge in [-0.2, -0.15) is 0 Å². The van der Waals surface area contributed by atoms with Gasteiger partial charge in [-0.15, -0.1) is 0 Å². The highest BCUT2D eigenvalue weighted by atomic mass is 15.1. The van der Waals surface area contributed by atoms with Gasteiger partial charge in [-0.3, -0.25) is 0 Å². The van der Waals surface area contributed by atoms with E-state index in [1.54, 1.807) is 0 Å². The lowest BCUT2D eigenvalue weighted by atomic mass is 10.2. The third-order valence-corrected chi connectivity index (χ3v) is 3.79. The van der Waals surface area contributed by atoms with Crippen LogP contribution in [0.25, 0.3) is 0 Å². The Balaban J connectivity index is 1.56. The fraction of sp³-hybridized carbons (Fsp3) is 0.727. The number of imidazole rings is 1. The first-order valence-corrected chi connectivity index (χ1v) is 5.54. The Bertz CT molecular complexity index is 331. The minimum absolute atomic E-state index is 0.775. The van der Waals surface area contributed by atoms with E-state index in [1.807, 2.05) is 12.4 Å². The van der Waals surface area contributed by atoms with E-state index in [1.165, 1.54) is 19.3 Å². The first kappa shape index (κ1) is 8.48. The largest absolute Gasteiger partial charge is 0.337 e. The lowest BCUT2D eigenvalue weighted by Crippen LogP contribution is -2.29. The molecule has 2 fully saturated rings. The smallest absolute Gasteiger partial charge is 0.122 e. The van der Waals surface area contributed by atoms with Crippen molar-refractivity contribution in [3.05, 3.63) is 18.2 Å². The second-order valence-electron chi connectivity index (χ2n) is 4.68. The summed E-state index contributed by atoms with van der Waals surface area (Å²) in [7, 11) is 2.05. The highest BCUT2D eigenvalue weighted by Crippen LogP contribution is 2.51. The number of nitrogens with zero attached hydrogens (tertiary/aromatic N) is 2. The van der Waals surface area contributed by atoms with Gasteiger partial charge in [0, 0.05) is 25.5 Å². The van der Waals surface area contributed by atoms with Crippen LogP contribution in [0.2, 0.25) is 0 Å². The van der Waals surface area contributed by atoms with Crippen LogP contribution in [0.4, 0.5) is 0 Å². The molecule has 76 valence electrons. The predicted molar refractivity (Wildman–Crippen MR) is 54.7 cm³/mol. The summed E-state index contributed by atoms with van der Waals surface area (Å²) < 4.78 is 2.09. The molecule has 0 bridgehead atoms. The molecule has 1 aromatic heterocycles. The first-order chi connectivity index (χ1) is 6.84. The SMILES string of the molecule is Cn1ccnc1CNC1CC[C@@H]2C[C@H]12. The van der Waals surface area contributed by atoms with E-state index < -0.39 is 0 Å². The fourth-order valence-electron chi connectivity index (χ4n) is 2.75. The van der Waals surface area contributed by atoms with E-state index >= 15 is 0 Å². The Kier molecular flexibility index (Phi) is 1.87. The van der Waals surface area contributed by atoms with Crippen molar-refractivity contribution in [3.63, 3.8) is 0 Å². The number of hydrogen-bond donors (Lipinski definition) is 1. The second kappa shape index (κ2) is 3.09. The van der Waals surface area contributed by atoms with Gasteiger partial charge in [-0.25, -0.2) is 4.98 Å². The molecule has 2 aliphatic rings. The van der Waals surface area contributed by atoms with Crippen LogP contribution < -0.4 is 5.32 Å². The Hall–Kier alpha value is -0.830. The van der Waals surface area contributed by atoms with E-state index in [0.717, 1.165) is 30.2 Å². The van der Waals surface area contributed by atoms with Crippen molar-refractivity contribution in [1.29, 1.82) is 0 Å². The van der Waals surface area contributed by atoms with Gasteiger partial charge < -0.3 is 9.88 Å². The molecule has 0 saturated heterocycles. The lowest BCUT2D eigenvalue weighted by Gasteiger charge is -2.13. The van der Waals surface area contributed by atoms with Gasteiger partial charge in [0.2, 0.25) is 0 Å². The van der Waals surface area contributed by atoms with E-state index in [-0.39, 0.29) is 0 Å². The molecular formula is C11H17N3. The van der Waals surface area contributed by atoms with Gasteiger partial charge in [0.25, 0.3) is 0 Å². The van der Waals surface area contributed by atoms with Crippen LogP contribution in [0.1, 0.15) is 25.1 Å². The van der Waals surface area contributed by atoms with Gasteiger partial charge in [-0.05, 0) is 31.1 Å². The van der Waals surface area contributed by atoms with Crippen LogP contribution >= 0.6 is 0 Å². The Morgan fingerprint density at radius 2 is 2.50 bits per heavy atom. The topological polar surface area (TPSA) is 29.9 Å².